The van der Waals surface area contributed by atoms with E-state index in [9.17, 15) is 18.0 Å². The lowest BCUT2D eigenvalue weighted by Gasteiger charge is -2.21. The molecule has 112 valence electrons. The smallest absolute Gasteiger partial charge is 0.308 e. The number of aryl methyl sites for hydroxylation is 1. The van der Waals surface area contributed by atoms with Crippen molar-refractivity contribution in [2.45, 2.75) is 20.0 Å². The van der Waals surface area contributed by atoms with Gasteiger partial charge in [0.2, 0.25) is 0 Å². The SMILES string of the molecule is CCN(C(=O)c1scnc1C(F)(F)F)c1cccc(C)c1. The number of hydrogen-bond acceptors (Lipinski definition) is 3. The number of carbonyl (C=O) groups is 1. The van der Waals surface area contributed by atoms with Gasteiger partial charge in [0.1, 0.15) is 4.88 Å². The van der Waals surface area contributed by atoms with Crippen molar-refractivity contribution in [3.63, 3.8) is 0 Å². The molecule has 3 nitrogen and oxygen atoms in total. The number of rotatable bonds is 3. The van der Waals surface area contributed by atoms with E-state index in [1.807, 2.05) is 13.0 Å². The Balaban J connectivity index is 2.40. The highest BCUT2D eigenvalue weighted by Gasteiger charge is 2.39. The van der Waals surface area contributed by atoms with E-state index in [1.54, 1.807) is 25.1 Å². The molecule has 0 saturated heterocycles. The molecule has 0 atom stereocenters. The predicted molar refractivity (Wildman–Crippen MR) is 75.6 cm³/mol. The van der Waals surface area contributed by atoms with Gasteiger partial charge >= 0.3 is 6.18 Å². The van der Waals surface area contributed by atoms with Crippen LogP contribution in [0.25, 0.3) is 0 Å². The van der Waals surface area contributed by atoms with Gasteiger partial charge in [0.25, 0.3) is 5.91 Å². The van der Waals surface area contributed by atoms with E-state index in [2.05, 4.69) is 4.98 Å². The summed E-state index contributed by atoms with van der Waals surface area (Å²) in [5, 5.41) is 0. The Bertz CT molecular complexity index is 652. The lowest BCUT2D eigenvalue weighted by molar-refractivity contribution is -0.141. The Morgan fingerprint density at radius 3 is 2.67 bits per heavy atom. The third-order valence-corrected chi connectivity index (χ3v) is 3.72. The minimum Gasteiger partial charge on any atom is -0.308 e. The highest BCUT2D eigenvalue weighted by Crippen LogP contribution is 2.34. The largest absolute Gasteiger partial charge is 0.434 e. The molecule has 1 amide bonds. The van der Waals surface area contributed by atoms with Crippen LogP contribution in [-0.2, 0) is 6.18 Å². The Morgan fingerprint density at radius 2 is 2.10 bits per heavy atom. The van der Waals surface area contributed by atoms with Crippen molar-refractivity contribution in [2.75, 3.05) is 11.4 Å². The summed E-state index contributed by atoms with van der Waals surface area (Å²) in [6.45, 7) is 3.85. The van der Waals surface area contributed by atoms with E-state index in [1.165, 1.54) is 4.90 Å². The molecule has 21 heavy (non-hydrogen) atoms. The average molecular weight is 314 g/mol. The van der Waals surface area contributed by atoms with Gasteiger partial charge < -0.3 is 4.90 Å². The zero-order valence-electron chi connectivity index (χ0n) is 11.4. The lowest BCUT2D eigenvalue weighted by atomic mass is 10.2. The van der Waals surface area contributed by atoms with Crippen molar-refractivity contribution in [1.82, 2.24) is 4.98 Å². The molecule has 2 aromatic rings. The number of amides is 1. The molecule has 0 aliphatic heterocycles. The number of thiazole rings is 1. The second-order valence-corrected chi connectivity index (χ2v) is 5.27. The highest BCUT2D eigenvalue weighted by molar-refractivity contribution is 7.12. The van der Waals surface area contributed by atoms with Gasteiger partial charge in [-0.3, -0.25) is 4.79 Å². The summed E-state index contributed by atoms with van der Waals surface area (Å²) in [5.74, 6) is -0.682. The maximum absolute atomic E-state index is 12.8. The van der Waals surface area contributed by atoms with E-state index in [4.69, 9.17) is 0 Å². The number of nitrogens with zero attached hydrogens (tertiary/aromatic N) is 2. The fourth-order valence-electron chi connectivity index (χ4n) is 1.96. The van der Waals surface area contributed by atoms with Crippen molar-refractivity contribution in [3.05, 3.63) is 45.9 Å². The quantitative estimate of drug-likeness (QED) is 0.853. The molecule has 0 spiro atoms. The van der Waals surface area contributed by atoms with Crippen LogP contribution < -0.4 is 4.90 Å². The van der Waals surface area contributed by atoms with Gasteiger partial charge in [0, 0.05) is 12.2 Å². The summed E-state index contributed by atoms with van der Waals surface area (Å²) in [4.78, 5) is 16.6. The minimum atomic E-state index is -4.63. The Labute approximate surface area is 124 Å². The molecular formula is C14H13F3N2OS. The molecule has 0 unspecified atom stereocenters. The number of halogens is 3. The van der Waals surface area contributed by atoms with Gasteiger partial charge in [-0.15, -0.1) is 11.3 Å². The second-order valence-electron chi connectivity index (χ2n) is 4.42. The number of alkyl halides is 3. The summed E-state index contributed by atoms with van der Waals surface area (Å²) in [6, 6.07) is 7.08. The van der Waals surface area contributed by atoms with Crippen molar-refractivity contribution in [3.8, 4) is 0 Å². The number of benzene rings is 1. The first kappa shape index (κ1) is 15.5. The van der Waals surface area contributed by atoms with E-state index in [-0.39, 0.29) is 11.4 Å². The molecule has 1 aromatic heterocycles. The predicted octanol–water partition coefficient (Wildman–Crippen LogP) is 4.14. The van der Waals surface area contributed by atoms with Crippen LogP contribution >= 0.6 is 11.3 Å². The van der Waals surface area contributed by atoms with Gasteiger partial charge in [-0.25, -0.2) is 4.98 Å². The van der Waals surface area contributed by atoms with Gasteiger partial charge in [0.15, 0.2) is 5.69 Å². The molecule has 1 aromatic carbocycles. The van der Waals surface area contributed by atoms with Crippen LogP contribution in [0.2, 0.25) is 0 Å². The Hall–Kier alpha value is -1.89. The van der Waals surface area contributed by atoms with Crippen molar-refractivity contribution >= 4 is 22.9 Å². The fourth-order valence-corrected chi connectivity index (χ4v) is 2.72. The Kier molecular flexibility index (Phi) is 4.32. The fraction of sp³-hybridized carbons (Fsp3) is 0.286. The van der Waals surface area contributed by atoms with Crippen molar-refractivity contribution < 1.29 is 18.0 Å². The summed E-state index contributed by atoms with van der Waals surface area (Å²) in [5.41, 5.74) is 1.42. The van der Waals surface area contributed by atoms with Gasteiger partial charge in [-0.1, -0.05) is 12.1 Å². The average Bonchev–Trinajstić information content (AvgIpc) is 2.88. The van der Waals surface area contributed by atoms with E-state index < -0.39 is 17.8 Å². The van der Waals surface area contributed by atoms with Crippen molar-refractivity contribution in [2.24, 2.45) is 0 Å². The van der Waals surface area contributed by atoms with Crippen LogP contribution in [0.5, 0.6) is 0 Å². The molecule has 0 aliphatic rings. The number of aromatic nitrogens is 1. The third-order valence-electron chi connectivity index (χ3n) is 2.90. The summed E-state index contributed by atoms with van der Waals surface area (Å²) in [7, 11) is 0. The summed E-state index contributed by atoms with van der Waals surface area (Å²) in [6.07, 6.45) is -4.63. The minimum absolute atomic E-state index is 0.275. The topological polar surface area (TPSA) is 33.2 Å². The zero-order chi connectivity index (χ0) is 15.6. The first-order valence-electron chi connectivity index (χ1n) is 6.23. The molecule has 0 saturated carbocycles. The van der Waals surface area contributed by atoms with Gasteiger partial charge in [-0.2, -0.15) is 13.2 Å². The molecule has 7 heteroatoms. The first-order chi connectivity index (χ1) is 9.84. The molecule has 0 aliphatic carbocycles. The number of carbonyl (C=O) groups excluding carboxylic acids is 1. The summed E-state index contributed by atoms with van der Waals surface area (Å²) >= 11 is 0.705. The van der Waals surface area contributed by atoms with Crippen LogP contribution in [0.4, 0.5) is 18.9 Å². The van der Waals surface area contributed by atoms with Crippen LogP contribution in [0.1, 0.15) is 27.9 Å². The zero-order valence-corrected chi connectivity index (χ0v) is 12.3. The van der Waals surface area contributed by atoms with Crippen LogP contribution in [0.3, 0.4) is 0 Å². The number of anilines is 1. The van der Waals surface area contributed by atoms with Crippen LogP contribution in [0, 0.1) is 6.92 Å². The van der Waals surface area contributed by atoms with Crippen LogP contribution in [0.15, 0.2) is 29.8 Å². The third kappa shape index (κ3) is 3.24. The standard InChI is InChI=1S/C14H13F3N2OS/c1-3-19(10-6-4-5-9(2)7-10)13(20)11-12(14(15,16)17)18-8-21-11/h4-8H,3H2,1-2H3. The summed E-state index contributed by atoms with van der Waals surface area (Å²) < 4.78 is 38.5. The molecule has 0 bridgehead atoms. The number of hydrogen-bond donors (Lipinski definition) is 0. The second kappa shape index (κ2) is 5.85. The molecule has 2 rings (SSSR count). The van der Waals surface area contributed by atoms with E-state index in [0.717, 1.165) is 11.1 Å². The maximum Gasteiger partial charge on any atom is 0.434 e. The molecule has 0 fully saturated rings. The van der Waals surface area contributed by atoms with Crippen molar-refractivity contribution in [1.29, 1.82) is 0 Å². The highest BCUT2D eigenvalue weighted by atomic mass is 32.1. The van der Waals surface area contributed by atoms with E-state index >= 15 is 0 Å². The molecule has 0 N–H and O–H groups in total. The van der Waals surface area contributed by atoms with E-state index in [0.29, 0.717) is 17.0 Å². The molecule has 1 heterocycles. The van der Waals surface area contributed by atoms with Gasteiger partial charge in [-0.05, 0) is 31.5 Å². The normalized spacial score (nSPS) is 11.5. The first-order valence-corrected chi connectivity index (χ1v) is 7.11. The van der Waals surface area contributed by atoms with Gasteiger partial charge in [0.05, 0.1) is 5.51 Å². The molecular weight excluding hydrogens is 301 g/mol. The maximum atomic E-state index is 12.8. The van der Waals surface area contributed by atoms with Crippen LogP contribution in [-0.4, -0.2) is 17.4 Å². The lowest BCUT2D eigenvalue weighted by Crippen LogP contribution is -2.31. The Morgan fingerprint density at radius 1 is 1.38 bits per heavy atom. The molecule has 0 radical (unpaired) electrons. The monoisotopic (exact) mass is 314 g/mol.